The lowest BCUT2D eigenvalue weighted by Gasteiger charge is -2.43. The molecule has 3 heteroatoms. The number of nitrogens with zero attached hydrogens (tertiary/aromatic N) is 2. The monoisotopic (exact) mass is 259 g/mol. The molecule has 104 valence electrons. The molecule has 1 aromatic carbocycles. The standard InChI is InChI=1S/C16H25N3/c1-16(8-5-9-17-12-16)13-19-11-10-18(2)14-6-3-4-7-15(14)19/h3-4,6-7,17H,5,8-13H2,1-2H3. The lowest BCUT2D eigenvalue weighted by Crippen LogP contribution is -2.49. The lowest BCUT2D eigenvalue weighted by molar-refractivity contribution is 0.240. The van der Waals surface area contributed by atoms with Gasteiger partial charge < -0.3 is 15.1 Å². The van der Waals surface area contributed by atoms with Crippen LogP contribution in [0.15, 0.2) is 24.3 Å². The molecule has 0 aromatic heterocycles. The maximum atomic E-state index is 3.56. The van der Waals surface area contributed by atoms with Gasteiger partial charge in [0.2, 0.25) is 0 Å². The van der Waals surface area contributed by atoms with Crippen LogP contribution in [0.25, 0.3) is 0 Å². The Bertz CT molecular complexity index is 437. The molecule has 0 spiro atoms. The quantitative estimate of drug-likeness (QED) is 0.879. The number of para-hydroxylation sites is 2. The first-order valence-corrected chi connectivity index (χ1v) is 7.44. The first-order chi connectivity index (χ1) is 9.18. The van der Waals surface area contributed by atoms with Crippen LogP contribution in [0.2, 0.25) is 0 Å². The minimum atomic E-state index is 0.418. The number of hydrogen-bond donors (Lipinski definition) is 1. The minimum Gasteiger partial charge on any atom is -0.371 e. The summed E-state index contributed by atoms with van der Waals surface area (Å²) in [5.74, 6) is 0. The van der Waals surface area contributed by atoms with Crippen LogP contribution in [0.1, 0.15) is 19.8 Å². The van der Waals surface area contributed by atoms with Crippen LogP contribution >= 0.6 is 0 Å². The summed E-state index contributed by atoms with van der Waals surface area (Å²) in [6, 6.07) is 8.81. The fourth-order valence-corrected chi connectivity index (χ4v) is 3.44. The summed E-state index contributed by atoms with van der Waals surface area (Å²) in [7, 11) is 2.19. The molecule has 0 radical (unpaired) electrons. The molecule has 2 aliphatic rings. The van der Waals surface area contributed by atoms with E-state index in [2.05, 4.69) is 53.4 Å². The molecule has 2 heterocycles. The summed E-state index contributed by atoms with van der Waals surface area (Å²) in [5, 5.41) is 3.56. The van der Waals surface area contributed by atoms with Gasteiger partial charge in [0, 0.05) is 33.2 Å². The molecule has 19 heavy (non-hydrogen) atoms. The Hall–Kier alpha value is -1.22. The van der Waals surface area contributed by atoms with Crippen molar-refractivity contribution in [3.05, 3.63) is 24.3 Å². The van der Waals surface area contributed by atoms with E-state index in [0.29, 0.717) is 5.41 Å². The van der Waals surface area contributed by atoms with E-state index in [4.69, 9.17) is 0 Å². The van der Waals surface area contributed by atoms with Gasteiger partial charge in [-0.25, -0.2) is 0 Å². The topological polar surface area (TPSA) is 18.5 Å². The molecule has 1 aromatic rings. The smallest absolute Gasteiger partial charge is 0.0604 e. The van der Waals surface area contributed by atoms with Gasteiger partial charge in [-0.1, -0.05) is 19.1 Å². The average molecular weight is 259 g/mol. The van der Waals surface area contributed by atoms with Gasteiger partial charge in [0.05, 0.1) is 11.4 Å². The predicted molar refractivity (Wildman–Crippen MR) is 82.1 cm³/mol. The van der Waals surface area contributed by atoms with E-state index in [1.165, 1.54) is 37.3 Å². The summed E-state index contributed by atoms with van der Waals surface area (Å²) < 4.78 is 0. The first kappa shape index (κ1) is 12.8. The van der Waals surface area contributed by atoms with Gasteiger partial charge in [0.1, 0.15) is 0 Å². The Labute approximate surface area is 116 Å². The Morgan fingerprint density at radius 2 is 2.00 bits per heavy atom. The van der Waals surface area contributed by atoms with Gasteiger partial charge in [0.25, 0.3) is 0 Å². The molecule has 2 aliphatic heterocycles. The number of hydrogen-bond acceptors (Lipinski definition) is 3. The van der Waals surface area contributed by atoms with E-state index in [1.807, 2.05) is 0 Å². The van der Waals surface area contributed by atoms with Gasteiger partial charge in [-0.2, -0.15) is 0 Å². The zero-order valence-corrected chi connectivity index (χ0v) is 12.2. The van der Waals surface area contributed by atoms with E-state index in [9.17, 15) is 0 Å². The molecular formula is C16H25N3. The number of benzene rings is 1. The predicted octanol–water partition coefficient (Wildman–Crippen LogP) is 2.33. The second-order valence-electron chi connectivity index (χ2n) is 6.42. The number of nitrogens with one attached hydrogen (secondary N) is 1. The highest BCUT2D eigenvalue weighted by atomic mass is 15.3. The Kier molecular flexibility index (Phi) is 3.40. The van der Waals surface area contributed by atoms with E-state index >= 15 is 0 Å². The Morgan fingerprint density at radius 1 is 1.21 bits per heavy atom. The van der Waals surface area contributed by atoms with E-state index < -0.39 is 0 Å². The van der Waals surface area contributed by atoms with Gasteiger partial charge in [-0.05, 0) is 36.9 Å². The summed E-state index contributed by atoms with van der Waals surface area (Å²) in [6.45, 7) is 8.21. The van der Waals surface area contributed by atoms with Crippen molar-refractivity contribution in [1.82, 2.24) is 5.32 Å². The van der Waals surface area contributed by atoms with Crippen LogP contribution in [0.4, 0.5) is 11.4 Å². The van der Waals surface area contributed by atoms with Crippen molar-refractivity contribution in [2.24, 2.45) is 5.41 Å². The Balaban J connectivity index is 1.80. The highest BCUT2D eigenvalue weighted by molar-refractivity contribution is 5.73. The second-order valence-corrected chi connectivity index (χ2v) is 6.42. The van der Waals surface area contributed by atoms with Crippen molar-refractivity contribution in [3.63, 3.8) is 0 Å². The van der Waals surface area contributed by atoms with Crippen molar-refractivity contribution < 1.29 is 0 Å². The summed E-state index contributed by atoms with van der Waals surface area (Å²) in [6.07, 6.45) is 2.65. The normalized spacial score (nSPS) is 27.3. The average Bonchev–Trinajstić information content (AvgIpc) is 2.43. The molecule has 1 N–H and O–H groups in total. The van der Waals surface area contributed by atoms with E-state index in [1.54, 1.807) is 0 Å². The van der Waals surface area contributed by atoms with Crippen molar-refractivity contribution in [2.75, 3.05) is 49.6 Å². The summed E-state index contributed by atoms with van der Waals surface area (Å²) >= 11 is 0. The van der Waals surface area contributed by atoms with Gasteiger partial charge in [-0.15, -0.1) is 0 Å². The number of rotatable bonds is 2. The molecule has 1 saturated heterocycles. The third-order valence-electron chi connectivity index (χ3n) is 4.60. The zero-order valence-electron chi connectivity index (χ0n) is 12.2. The highest BCUT2D eigenvalue weighted by Crippen LogP contribution is 2.35. The molecular weight excluding hydrogens is 234 g/mol. The largest absolute Gasteiger partial charge is 0.371 e. The molecule has 3 nitrogen and oxygen atoms in total. The third kappa shape index (κ3) is 2.57. The highest BCUT2D eigenvalue weighted by Gasteiger charge is 2.31. The van der Waals surface area contributed by atoms with Crippen LogP contribution in [0.3, 0.4) is 0 Å². The lowest BCUT2D eigenvalue weighted by atomic mass is 9.82. The summed E-state index contributed by atoms with van der Waals surface area (Å²) in [4.78, 5) is 4.95. The van der Waals surface area contributed by atoms with Crippen LogP contribution in [0.5, 0.6) is 0 Å². The number of fused-ring (bicyclic) bond motifs is 1. The SMILES string of the molecule is CN1CCN(CC2(C)CCCNC2)c2ccccc21. The van der Waals surface area contributed by atoms with Crippen molar-refractivity contribution in [3.8, 4) is 0 Å². The van der Waals surface area contributed by atoms with Gasteiger partial charge in [-0.3, -0.25) is 0 Å². The van der Waals surface area contributed by atoms with Crippen LogP contribution in [-0.4, -0.2) is 39.8 Å². The maximum absolute atomic E-state index is 3.56. The molecule has 0 aliphatic carbocycles. The van der Waals surface area contributed by atoms with Crippen molar-refractivity contribution >= 4 is 11.4 Å². The van der Waals surface area contributed by atoms with Crippen molar-refractivity contribution in [2.45, 2.75) is 19.8 Å². The maximum Gasteiger partial charge on any atom is 0.0604 e. The molecule has 3 rings (SSSR count). The molecule has 0 saturated carbocycles. The molecule has 1 unspecified atom stereocenters. The first-order valence-electron chi connectivity index (χ1n) is 7.44. The molecule has 1 fully saturated rings. The minimum absolute atomic E-state index is 0.418. The fourth-order valence-electron chi connectivity index (χ4n) is 3.44. The summed E-state index contributed by atoms with van der Waals surface area (Å²) in [5.41, 5.74) is 3.20. The van der Waals surface area contributed by atoms with Crippen molar-refractivity contribution in [1.29, 1.82) is 0 Å². The van der Waals surface area contributed by atoms with Crippen LogP contribution < -0.4 is 15.1 Å². The Morgan fingerprint density at radius 3 is 2.74 bits per heavy atom. The fraction of sp³-hybridized carbons (Fsp3) is 0.625. The number of piperidine rings is 1. The van der Waals surface area contributed by atoms with Gasteiger partial charge in [0.15, 0.2) is 0 Å². The van der Waals surface area contributed by atoms with E-state index in [0.717, 1.165) is 19.6 Å². The molecule has 0 bridgehead atoms. The number of likely N-dealkylation sites (N-methyl/N-ethyl adjacent to an activating group) is 1. The van der Waals surface area contributed by atoms with Gasteiger partial charge >= 0.3 is 0 Å². The third-order valence-corrected chi connectivity index (χ3v) is 4.60. The number of anilines is 2. The van der Waals surface area contributed by atoms with Crippen LogP contribution in [0, 0.1) is 5.41 Å². The molecule has 1 atom stereocenters. The second kappa shape index (κ2) is 5.04. The zero-order chi connectivity index (χ0) is 13.3. The van der Waals surface area contributed by atoms with E-state index in [-0.39, 0.29) is 0 Å². The van der Waals surface area contributed by atoms with Crippen LogP contribution in [-0.2, 0) is 0 Å². The molecule has 0 amide bonds.